The molecule has 1 fully saturated rings. The summed E-state index contributed by atoms with van der Waals surface area (Å²) in [6.45, 7) is 2.69. The van der Waals surface area contributed by atoms with Gasteiger partial charge < -0.3 is 14.8 Å². The zero-order valence-corrected chi connectivity index (χ0v) is 13.8. The smallest absolute Gasteiger partial charge is 0.419 e. The Hall–Kier alpha value is -2.10. The number of esters is 2. The number of cyclic esters (lactones) is 2. The van der Waals surface area contributed by atoms with Crippen molar-refractivity contribution in [1.82, 2.24) is 0 Å². The van der Waals surface area contributed by atoms with Gasteiger partial charge in [0, 0.05) is 20.0 Å². The van der Waals surface area contributed by atoms with Gasteiger partial charge >= 0.3 is 18.1 Å². The third-order valence-electron chi connectivity index (χ3n) is 2.86. The molecule has 1 aromatic carbocycles. The molecule has 0 amide bonds. The molecule has 24 heavy (non-hydrogen) atoms. The second-order valence-electron chi connectivity index (χ2n) is 5.16. The molecule has 1 aromatic rings. The molecule has 5 nitrogen and oxygen atoms in total. The lowest BCUT2D eigenvalue weighted by molar-refractivity contribution is -0.222. The monoisotopic (exact) mass is 411 g/mol. The van der Waals surface area contributed by atoms with Gasteiger partial charge in [-0.3, -0.25) is 0 Å². The van der Waals surface area contributed by atoms with Crippen molar-refractivity contribution in [1.29, 1.82) is 0 Å². The molecular weight excluding hydrogens is 402 g/mol. The van der Waals surface area contributed by atoms with Crippen molar-refractivity contribution in [3.8, 4) is 0 Å². The summed E-state index contributed by atoms with van der Waals surface area (Å²) < 4.78 is 60.9. The zero-order chi connectivity index (χ0) is 18.3. The van der Waals surface area contributed by atoms with Gasteiger partial charge in [-0.2, -0.15) is 13.2 Å². The van der Waals surface area contributed by atoms with Crippen molar-refractivity contribution in [2.24, 2.45) is 0 Å². The highest BCUT2D eigenvalue weighted by Crippen LogP contribution is 2.40. The topological polar surface area (TPSA) is 64.6 Å². The molecule has 0 spiro atoms. The van der Waals surface area contributed by atoms with Crippen LogP contribution >= 0.6 is 15.9 Å². The molecule has 1 aliphatic rings. The summed E-state index contributed by atoms with van der Waals surface area (Å²) in [7, 11) is 0. The minimum absolute atomic E-state index is 0.207. The van der Waals surface area contributed by atoms with Gasteiger partial charge in [-0.25, -0.2) is 14.0 Å². The first-order valence-electron chi connectivity index (χ1n) is 6.41. The van der Waals surface area contributed by atoms with E-state index in [2.05, 4.69) is 21.2 Å². The second-order valence-corrected chi connectivity index (χ2v) is 5.96. The Morgan fingerprint density at radius 3 is 2.21 bits per heavy atom. The van der Waals surface area contributed by atoms with Gasteiger partial charge in [-0.15, -0.1) is 0 Å². The van der Waals surface area contributed by atoms with Crippen LogP contribution in [0.4, 0.5) is 23.2 Å². The molecule has 0 bridgehead atoms. The predicted octanol–water partition coefficient (Wildman–Crippen LogP) is 3.74. The van der Waals surface area contributed by atoms with E-state index in [0.717, 1.165) is 12.3 Å². The molecule has 1 heterocycles. The minimum Gasteiger partial charge on any atom is -0.419 e. The van der Waals surface area contributed by atoms with Crippen molar-refractivity contribution in [3.63, 3.8) is 0 Å². The summed E-state index contributed by atoms with van der Waals surface area (Å²) in [6.07, 6.45) is -4.10. The van der Waals surface area contributed by atoms with Crippen LogP contribution in [0.25, 0.3) is 0 Å². The van der Waals surface area contributed by atoms with E-state index in [-0.39, 0.29) is 5.69 Å². The van der Waals surface area contributed by atoms with Crippen LogP contribution in [0, 0.1) is 5.82 Å². The van der Waals surface area contributed by atoms with Crippen LogP contribution in [-0.4, -0.2) is 17.7 Å². The van der Waals surface area contributed by atoms with Crippen LogP contribution in [0.5, 0.6) is 0 Å². The van der Waals surface area contributed by atoms with Crippen molar-refractivity contribution >= 4 is 33.6 Å². The molecule has 0 saturated carbocycles. The lowest BCUT2D eigenvalue weighted by Crippen LogP contribution is -2.42. The fourth-order valence-electron chi connectivity index (χ4n) is 1.85. The molecule has 0 radical (unpaired) electrons. The molecular formula is C14H10BrF4NO4. The maximum Gasteiger partial charge on any atom is 0.420 e. The molecule has 130 valence electrons. The highest BCUT2D eigenvalue weighted by atomic mass is 79.9. The number of carbonyl (C=O) groups excluding carboxylic acids is 2. The predicted molar refractivity (Wildman–Crippen MR) is 77.1 cm³/mol. The standard InChI is InChI=1S/C14H10BrF4NO4/c1-13(2)23-11(21)6(12(22)24-13)5-20-8-4-3-7(16)9(10(8)15)14(17,18)19/h3-5,20H,1-2H3. The van der Waals surface area contributed by atoms with E-state index < -0.39 is 45.3 Å². The minimum atomic E-state index is -4.93. The van der Waals surface area contributed by atoms with E-state index in [0.29, 0.717) is 6.07 Å². The molecule has 0 unspecified atom stereocenters. The molecule has 0 aromatic heterocycles. The van der Waals surface area contributed by atoms with Gasteiger partial charge in [0.05, 0.1) is 10.2 Å². The fourth-order valence-corrected chi connectivity index (χ4v) is 2.51. The molecule has 0 atom stereocenters. The Balaban J connectivity index is 2.33. The first-order valence-corrected chi connectivity index (χ1v) is 7.20. The number of carbonyl (C=O) groups is 2. The normalized spacial score (nSPS) is 17.2. The van der Waals surface area contributed by atoms with Crippen LogP contribution in [0.1, 0.15) is 19.4 Å². The number of halogens is 5. The number of ether oxygens (including phenoxy) is 2. The number of hydrogen-bond acceptors (Lipinski definition) is 5. The summed E-state index contributed by atoms with van der Waals surface area (Å²) >= 11 is 2.66. The number of benzene rings is 1. The van der Waals surface area contributed by atoms with Gasteiger partial charge in [0.2, 0.25) is 0 Å². The van der Waals surface area contributed by atoms with Gasteiger partial charge in [-0.1, -0.05) is 0 Å². The van der Waals surface area contributed by atoms with Crippen LogP contribution < -0.4 is 5.32 Å². The number of alkyl halides is 3. The van der Waals surface area contributed by atoms with Crippen LogP contribution in [0.3, 0.4) is 0 Å². The zero-order valence-electron chi connectivity index (χ0n) is 12.3. The Kier molecular flexibility index (Phi) is 4.62. The summed E-state index contributed by atoms with van der Waals surface area (Å²) in [5.74, 6) is -4.91. The molecule has 1 N–H and O–H groups in total. The third-order valence-corrected chi connectivity index (χ3v) is 3.69. The maximum absolute atomic E-state index is 13.4. The molecule has 0 aliphatic carbocycles. The van der Waals surface area contributed by atoms with Gasteiger partial charge in [0.15, 0.2) is 5.57 Å². The van der Waals surface area contributed by atoms with Gasteiger partial charge in [0.1, 0.15) is 11.4 Å². The molecule has 1 saturated heterocycles. The van der Waals surface area contributed by atoms with Crippen LogP contribution in [-0.2, 0) is 25.2 Å². The third kappa shape index (κ3) is 3.69. The molecule has 1 aliphatic heterocycles. The van der Waals surface area contributed by atoms with Crippen molar-refractivity contribution in [2.45, 2.75) is 25.8 Å². The Morgan fingerprint density at radius 2 is 1.71 bits per heavy atom. The molecule has 10 heteroatoms. The van der Waals surface area contributed by atoms with E-state index in [4.69, 9.17) is 9.47 Å². The highest BCUT2D eigenvalue weighted by molar-refractivity contribution is 9.10. The summed E-state index contributed by atoms with van der Waals surface area (Å²) in [6, 6.07) is 1.62. The largest absolute Gasteiger partial charge is 0.420 e. The number of rotatable bonds is 2. The van der Waals surface area contributed by atoms with E-state index in [1.165, 1.54) is 13.8 Å². The Bertz CT molecular complexity index is 721. The summed E-state index contributed by atoms with van der Waals surface area (Å²) in [4.78, 5) is 23.4. The van der Waals surface area contributed by atoms with Crippen LogP contribution in [0.15, 0.2) is 28.4 Å². The van der Waals surface area contributed by atoms with Crippen molar-refractivity contribution < 1.29 is 36.6 Å². The van der Waals surface area contributed by atoms with E-state index >= 15 is 0 Å². The SMILES string of the molecule is CC1(C)OC(=O)C(=CNc2ccc(F)c(C(F)(F)F)c2Br)C(=O)O1. The van der Waals surface area contributed by atoms with Gasteiger partial charge in [-0.05, 0) is 28.1 Å². The lowest BCUT2D eigenvalue weighted by Gasteiger charge is -2.29. The number of anilines is 1. The maximum atomic E-state index is 13.4. The lowest BCUT2D eigenvalue weighted by atomic mass is 10.1. The Labute approximate surface area is 141 Å². The molecule has 2 rings (SSSR count). The second kappa shape index (κ2) is 6.08. The highest BCUT2D eigenvalue weighted by Gasteiger charge is 2.39. The van der Waals surface area contributed by atoms with Crippen molar-refractivity contribution in [3.05, 3.63) is 39.8 Å². The van der Waals surface area contributed by atoms with E-state index in [1.807, 2.05) is 0 Å². The van der Waals surface area contributed by atoms with Crippen LogP contribution in [0.2, 0.25) is 0 Å². The fraction of sp³-hybridized carbons (Fsp3) is 0.286. The van der Waals surface area contributed by atoms with E-state index in [1.54, 1.807) is 0 Å². The van der Waals surface area contributed by atoms with E-state index in [9.17, 15) is 27.2 Å². The number of nitrogens with one attached hydrogen (secondary N) is 1. The first-order chi connectivity index (χ1) is 10.9. The van der Waals surface area contributed by atoms with Gasteiger partial charge in [0.25, 0.3) is 5.79 Å². The average molecular weight is 412 g/mol. The first kappa shape index (κ1) is 18.2. The summed E-state index contributed by atoms with van der Waals surface area (Å²) in [5, 5.41) is 2.33. The quantitative estimate of drug-likeness (QED) is 0.347. The van der Waals surface area contributed by atoms with Crippen molar-refractivity contribution in [2.75, 3.05) is 5.32 Å². The number of hydrogen-bond donors (Lipinski definition) is 1. The summed E-state index contributed by atoms with van der Waals surface area (Å²) in [5.41, 5.74) is -2.26. The average Bonchev–Trinajstić information content (AvgIpc) is 2.37. The Morgan fingerprint density at radius 1 is 1.17 bits per heavy atom.